The monoisotopic (exact) mass is 403 g/mol. The molecule has 3 fully saturated rings. The van der Waals surface area contributed by atoms with E-state index >= 15 is 0 Å². The molecule has 3 saturated heterocycles. The van der Waals surface area contributed by atoms with E-state index in [4.69, 9.17) is 4.74 Å². The summed E-state index contributed by atoms with van der Waals surface area (Å²) >= 11 is 0. The Hall–Kier alpha value is -2.15. The van der Waals surface area contributed by atoms with Crippen LogP contribution in [0.25, 0.3) is 0 Å². The average Bonchev–Trinajstić information content (AvgIpc) is 3.38. The molecule has 0 N–H and O–H groups in total. The van der Waals surface area contributed by atoms with Crippen molar-refractivity contribution in [2.45, 2.75) is 38.6 Å². The standard InChI is InChI=1S/C22H30FN3O3/c1-29-18-5-6-19(23)17(13-18)14-25-11-4-7-22(21(25)28)8-12-26(16-22)20(27)15-24-9-2-3-10-24/h5-6,13H,2-4,7-12,14-16H2,1H3/t22-/m1/s1. The Labute approximate surface area is 171 Å². The molecule has 1 aromatic carbocycles. The number of ether oxygens (including phenoxy) is 1. The van der Waals surface area contributed by atoms with Crippen LogP contribution in [-0.4, -0.2) is 72.9 Å². The van der Waals surface area contributed by atoms with Crippen molar-refractivity contribution >= 4 is 11.8 Å². The second-order valence-corrected chi connectivity index (χ2v) is 8.62. The Morgan fingerprint density at radius 3 is 2.69 bits per heavy atom. The molecule has 0 radical (unpaired) electrons. The number of likely N-dealkylation sites (tertiary alicyclic amines) is 3. The SMILES string of the molecule is COc1ccc(F)c(CN2CCC[C@]3(CCN(C(=O)CN4CCCC4)C3)C2=O)c1. The van der Waals surface area contributed by atoms with Crippen molar-refractivity contribution in [1.29, 1.82) is 0 Å². The number of methoxy groups -OCH3 is 1. The maximum absolute atomic E-state index is 14.3. The summed E-state index contributed by atoms with van der Waals surface area (Å²) in [7, 11) is 1.55. The van der Waals surface area contributed by atoms with Crippen molar-refractivity contribution in [2.24, 2.45) is 5.41 Å². The Kier molecular flexibility index (Phi) is 5.76. The van der Waals surface area contributed by atoms with Crippen LogP contribution in [0, 0.1) is 11.2 Å². The van der Waals surface area contributed by atoms with E-state index in [1.165, 1.54) is 6.07 Å². The maximum atomic E-state index is 14.3. The molecule has 6 nitrogen and oxygen atoms in total. The molecule has 2 amide bonds. The highest BCUT2D eigenvalue weighted by molar-refractivity contribution is 5.86. The zero-order chi connectivity index (χ0) is 20.4. The topological polar surface area (TPSA) is 53.1 Å². The number of carbonyl (C=O) groups excluding carboxylic acids is 2. The third-order valence-electron chi connectivity index (χ3n) is 6.70. The van der Waals surface area contributed by atoms with E-state index in [9.17, 15) is 14.0 Å². The number of amides is 2. The zero-order valence-corrected chi connectivity index (χ0v) is 17.2. The summed E-state index contributed by atoms with van der Waals surface area (Å²) in [6.45, 7) is 4.44. The van der Waals surface area contributed by atoms with Crippen molar-refractivity contribution in [3.8, 4) is 5.75 Å². The Morgan fingerprint density at radius 1 is 1.14 bits per heavy atom. The number of halogens is 1. The number of piperidine rings is 1. The largest absolute Gasteiger partial charge is 0.497 e. The van der Waals surface area contributed by atoms with Gasteiger partial charge in [0.25, 0.3) is 0 Å². The summed E-state index contributed by atoms with van der Waals surface area (Å²) in [6.07, 6.45) is 4.70. The van der Waals surface area contributed by atoms with Crippen LogP contribution in [0.15, 0.2) is 18.2 Å². The lowest BCUT2D eigenvalue weighted by Crippen LogP contribution is -2.50. The zero-order valence-electron chi connectivity index (χ0n) is 17.2. The molecule has 7 heteroatoms. The second-order valence-electron chi connectivity index (χ2n) is 8.62. The van der Waals surface area contributed by atoms with Crippen molar-refractivity contribution < 1.29 is 18.7 Å². The Balaban J connectivity index is 1.42. The average molecular weight is 403 g/mol. The van der Waals surface area contributed by atoms with Crippen LogP contribution in [0.2, 0.25) is 0 Å². The van der Waals surface area contributed by atoms with Gasteiger partial charge in [-0.1, -0.05) is 0 Å². The summed E-state index contributed by atoms with van der Waals surface area (Å²) in [5.74, 6) is 0.446. The van der Waals surface area contributed by atoms with Gasteiger partial charge in [-0.05, 0) is 63.4 Å². The minimum absolute atomic E-state index is 0.0578. The van der Waals surface area contributed by atoms with E-state index < -0.39 is 5.41 Å². The van der Waals surface area contributed by atoms with Crippen LogP contribution < -0.4 is 4.74 Å². The van der Waals surface area contributed by atoms with E-state index in [-0.39, 0.29) is 24.2 Å². The third-order valence-corrected chi connectivity index (χ3v) is 6.70. The van der Waals surface area contributed by atoms with Gasteiger partial charge >= 0.3 is 0 Å². The molecule has 158 valence electrons. The van der Waals surface area contributed by atoms with Crippen LogP contribution in [0.4, 0.5) is 4.39 Å². The minimum atomic E-state index is -0.506. The lowest BCUT2D eigenvalue weighted by molar-refractivity contribution is -0.147. The van der Waals surface area contributed by atoms with E-state index in [1.54, 1.807) is 24.1 Å². The number of rotatable bonds is 5. The molecule has 4 rings (SSSR count). The lowest BCUT2D eigenvalue weighted by Gasteiger charge is -2.39. The van der Waals surface area contributed by atoms with Gasteiger partial charge in [-0.2, -0.15) is 0 Å². The maximum Gasteiger partial charge on any atom is 0.236 e. The van der Waals surface area contributed by atoms with Gasteiger partial charge in [0.2, 0.25) is 11.8 Å². The van der Waals surface area contributed by atoms with Crippen LogP contribution in [0.5, 0.6) is 5.75 Å². The highest BCUT2D eigenvalue weighted by Gasteiger charge is 2.49. The van der Waals surface area contributed by atoms with E-state index in [1.807, 2.05) is 4.90 Å². The van der Waals surface area contributed by atoms with E-state index in [2.05, 4.69) is 4.90 Å². The normalized spacial score (nSPS) is 25.2. The predicted octanol–water partition coefficient (Wildman–Crippen LogP) is 2.27. The minimum Gasteiger partial charge on any atom is -0.497 e. The molecule has 1 aromatic rings. The van der Waals surface area contributed by atoms with Crippen molar-refractivity contribution in [3.05, 3.63) is 29.6 Å². The molecule has 1 atom stereocenters. The summed E-state index contributed by atoms with van der Waals surface area (Å²) in [5, 5.41) is 0. The number of carbonyl (C=O) groups is 2. The fourth-order valence-electron chi connectivity index (χ4n) is 5.00. The molecule has 0 saturated carbocycles. The Bertz CT molecular complexity index is 781. The van der Waals surface area contributed by atoms with E-state index in [0.29, 0.717) is 43.9 Å². The summed E-state index contributed by atoms with van der Waals surface area (Å²) in [5.41, 5.74) is -0.0384. The van der Waals surface area contributed by atoms with Crippen LogP contribution in [-0.2, 0) is 16.1 Å². The first-order valence-corrected chi connectivity index (χ1v) is 10.6. The molecule has 29 heavy (non-hydrogen) atoms. The highest BCUT2D eigenvalue weighted by atomic mass is 19.1. The fraction of sp³-hybridized carbons (Fsp3) is 0.636. The molecule has 0 aliphatic carbocycles. The first-order chi connectivity index (χ1) is 14.0. The fourth-order valence-corrected chi connectivity index (χ4v) is 5.00. The van der Waals surface area contributed by atoms with Gasteiger partial charge < -0.3 is 14.5 Å². The molecule has 3 heterocycles. The molecule has 3 aliphatic rings. The molecule has 1 spiro atoms. The van der Waals surface area contributed by atoms with Gasteiger partial charge in [-0.15, -0.1) is 0 Å². The third kappa shape index (κ3) is 4.10. The summed E-state index contributed by atoms with van der Waals surface area (Å²) in [6, 6.07) is 4.62. The highest BCUT2D eigenvalue weighted by Crippen LogP contribution is 2.40. The number of hydrogen-bond donors (Lipinski definition) is 0. The molecule has 0 bridgehead atoms. The van der Waals surface area contributed by atoms with Crippen LogP contribution in [0.1, 0.15) is 37.7 Å². The second kappa shape index (κ2) is 8.30. The first-order valence-electron chi connectivity index (χ1n) is 10.6. The molecular weight excluding hydrogens is 373 g/mol. The summed E-state index contributed by atoms with van der Waals surface area (Å²) in [4.78, 5) is 31.9. The van der Waals surface area contributed by atoms with Gasteiger partial charge in [-0.25, -0.2) is 4.39 Å². The molecular formula is C22H30FN3O3. The molecule has 0 unspecified atom stereocenters. The predicted molar refractivity (Wildman–Crippen MR) is 107 cm³/mol. The van der Waals surface area contributed by atoms with Crippen LogP contribution in [0.3, 0.4) is 0 Å². The summed E-state index contributed by atoms with van der Waals surface area (Å²) < 4.78 is 19.5. The molecule has 0 aromatic heterocycles. The van der Waals surface area contributed by atoms with Crippen molar-refractivity contribution in [2.75, 3.05) is 46.4 Å². The lowest BCUT2D eigenvalue weighted by atomic mass is 9.78. The smallest absolute Gasteiger partial charge is 0.236 e. The Morgan fingerprint density at radius 2 is 1.93 bits per heavy atom. The van der Waals surface area contributed by atoms with Crippen molar-refractivity contribution in [3.63, 3.8) is 0 Å². The van der Waals surface area contributed by atoms with Crippen molar-refractivity contribution in [1.82, 2.24) is 14.7 Å². The number of nitrogens with zero attached hydrogens (tertiary/aromatic N) is 3. The first kappa shape index (κ1) is 20.1. The quantitative estimate of drug-likeness (QED) is 0.757. The van der Waals surface area contributed by atoms with E-state index in [0.717, 1.165) is 38.8 Å². The van der Waals surface area contributed by atoms with Gasteiger partial charge in [0.05, 0.1) is 19.1 Å². The molecule has 3 aliphatic heterocycles. The van der Waals surface area contributed by atoms with Gasteiger partial charge in [-0.3, -0.25) is 14.5 Å². The van der Waals surface area contributed by atoms with Gasteiger partial charge in [0.15, 0.2) is 0 Å². The van der Waals surface area contributed by atoms with Gasteiger partial charge in [0, 0.05) is 31.7 Å². The number of benzene rings is 1. The number of hydrogen-bond acceptors (Lipinski definition) is 4. The van der Waals surface area contributed by atoms with Gasteiger partial charge in [0.1, 0.15) is 11.6 Å². The van der Waals surface area contributed by atoms with Crippen LogP contribution >= 0.6 is 0 Å².